The van der Waals surface area contributed by atoms with Crippen molar-refractivity contribution in [2.24, 2.45) is 5.41 Å². The van der Waals surface area contributed by atoms with Crippen LogP contribution in [0.3, 0.4) is 0 Å². The fraction of sp³-hybridized carbons (Fsp3) is 0.474. The lowest BCUT2D eigenvalue weighted by Gasteiger charge is -2.31. The molecule has 1 amide bonds. The summed E-state index contributed by atoms with van der Waals surface area (Å²) in [5.41, 5.74) is 0.452. The number of allylic oxidation sites excluding steroid dienone is 1. The maximum Gasteiger partial charge on any atom is 0.293 e. The van der Waals surface area contributed by atoms with Crippen LogP contribution in [0.25, 0.3) is 0 Å². The van der Waals surface area contributed by atoms with E-state index in [4.69, 9.17) is 21.7 Å². The molecule has 27 heavy (non-hydrogen) atoms. The summed E-state index contributed by atoms with van der Waals surface area (Å²) >= 11 is 5.98. The zero-order valence-electron chi connectivity index (χ0n) is 15.1. The zero-order valence-corrected chi connectivity index (χ0v) is 15.8. The van der Waals surface area contributed by atoms with Gasteiger partial charge in [-0.1, -0.05) is 17.7 Å². The highest BCUT2D eigenvalue weighted by Crippen LogP contribution is 2.46. The summed E-state index contributed by atoms with van der Waals surface area (Å²) in [6.45, 7) is 2.51. The van der Waals surface area contributed by atoms with Crippen LogP contribution < -0.4 is 10.6 Å². The average Bonchev–Trinajstić information content (AvgIpc) is 3.46. The first-order chi connectivity index (χ1) is 13.1. The molecule has 0 radical (unpaired) electrons. The van der Waals surface area contributed by atoms with E-state index < -0.39 is 18.0 Å². The van der Waals surface area contributed by atoms with Gasteiger partial charge in [-0.3, -0.25) is 9.18 Å². The van der Waals surface area contributed by atoms with Gasteiger partial charge in [-0.2, -0.15) is 0 Å². The van der Waals surface area contributed by atoms with E-state index in [1.54, 1.807) is 24.3 Å². The van der Waals surface area contributed by atoms with E-state index in [0.717, 1.165) is 32.1 Å². The number of halogens is 2. The standard InChI is InChI=1S/C19H24ClFN4O2/c20-14-2-1-3-15(10-14)24-18(26)17(27-13-19(12-21)4-5-19)16(11-22)25-8-6-23-7-9-25/h1-3,10-11,22-23H,4-9,12-13H2,(H,24,26). The summed E-state index contributed by atoms with van der Waals surface area (Å²) in [7, 11) is 0. The molecule has 0 bridgehead atoms. The zero-order chi connectivity index (χ0) is 19.3. The molecule has 1 heterocycles. The lowest BCUT2D eigenvalue weighted by atomic mass is 10.1. The molecule has 0 atom stereocenters. The van der Waals surface area contributed by atoms with Crippen LogP contribution in [-0.2, 0) is 9.53 Å². The summed E-state index contributed by atoms with van der Waals surface area (Å²) in [6, 6.07) is 6.81. The maximum absolute atomic E-state index is 13.2. The van der Waals surface area contributed by atoms with Crippen molar-refractivity contribution in [2.75, 3.05) is 44.8 Å². The number of anilines is 1. The number of nitrogens with one attached hydrogen (secondary N) is 3. The normalized spacial score (nSPS) is 19.1. The third-order valence-electron chi connectivity index (χ3n) is 4.88. The van der Waals surface area contributed by atoms with Gasteiger partial charge in [-0.15, -0.1) is 0 Å². The number of hydrogen-bond acceptors (Lipinski definition) is 5. The Hall–Kier alpha value is -2.12. The predicted molar refractivity (Wildman–Crippen MR) is 104 cm³/mol. The molecule has 1 saturated heterocycles. The van der Waals surface area contributed by atoms with Gasteiger partial charge in [0.05, 0.1) is 13.3 Å². The van der Waals surface area contributed by atoms with Crippen LogP contribution in [0.1, 0.15) is 12.8 Å². The van der Waals surface area contributed by atoms with Crippen molar-refractivity contribution in [1.29, 1.82) is 5.41 Å². The van der Waals surface area contributed by atoms with Crippen molar-refractivity contribution in [3.63, 3.8) is 0 Å². The fourth-order valence-electron chi connectivity index (χ4n) is 2.93. The molecule has 1 aromatic carbocycles. The molecular weight excluding hydrogens is 371 g/mol. The van der Waals surface area contributed by atoms with Gasteiger partial charge in [-0.05, 0) is 31.0 Å². The van der Waals surface area contributed by atoms with Gasteiger partial charge in [0.15, 0.2) is 0 Å². The Kier molecular flexibility index (Phi) is 6.34. The van der Waals surface area contributed by atoms with Gasteiger partial charge in [-0.25, -0.2) is 0 Å². The van der Waals surface area contributed by atoms with Gasteiger partial charge in [0.1, 0.15) is 5.70 Å². The Morgan fingerprint density at radius 1 is 1.41 bits per heavy atom. The summed E-state index contributed by atoms with van der Waals surface area (Å²) in [5.74, 6) is -0.421. The minimum atomic E-state index is -0.488. The number of hydrogen-bond donors (Lipinski definition) is 3. The number of ether oxygens (including phenoxy) is 1. The summed E-state index contributed by atoms with van der Waals surface area (Å²) in [6.07, 6.45) is 2.63. The number of alkyl halides is 1. The first-order valence-corrected chi connectivity index (χ1v) is 9.41. The van der Waals surface area contributed by atoms with Crippen molar-refractivity contribution in [3.8, 4) is 0 Å². The lowest BCUT2D eigenvalue weighted by Crippen LogP contribution is -2.44. The maximum atomic E-state index is 13.2. The van der Waals surface area contributed by atoms with Crippen molar-refractivity contribution < 1.29 is 13.9 Å². The summed E-state index contributed by atoms with van der Waals surface area (Å²) in [5, 5.41) is 14.3. The third-order valence-corrected chi connectivity index (χ3v) is 5.11. The van der Waals surface area contributed by atoms with Gasteiger partial charge in [0.25, 0.3) is 5.91 Å². The van der Waals surface area contributed by atoms with Gasteiger partial charge in [0, 0.05) is 48.5 Å². The molecule has 3 N–H and O–H groups in total. The minimum absolute atomic E-state index is 0.0478. The smallest absolute Gasteiger partial charge is 0.293 e. The minimum Gasteiger partial charge on any atom is -0.486 e. The number of rotatable bonds is 8. The highest BCUT2D eigenvalue weighted by Gasteiger charge is 2.44. The second-order valence-electron chi connectivity index (χ2n) is 6.98. The van der Waals surface area contributed by atoms with Crippen LogP contribution in [0.5, 0.6) is 0 Å². The van der Waals surface area contributed by atoms with Crippen LogP contribution in [0.15, 0.2) is 35.7 Å². The van der Waals surface area contributed by atoms with E-state index in [0.29, 0.717) is 29.5 Å². The summed E-state index contributed by atoms with van der Waals surface area (Å²) in [4.78, 5) is 14.9. The second-order valence-corrected chi connectivity index (χ2v) is 7.42. The number of piperazine rings is 1. The van der Waals surface area contributed by atoms with E-state index in [1.807, 2.05) is 4.90 Å². The molecule has 1 aromatic rings. The molecule has 0 aromatic heterocycles. The number of carbonyl (C=O) groups excluding carboxylic acids is 1. The van der Waals surface area contributed by atoms with Crippen LogP contribution in [-0.4, -0.2) is 56.5 Å². The molecule has 0 spiro atoms. The molecular formula is C19H24ClFN4O2. The SMILES string of the molecule is N=CC(=C(OCC1(CF)CC1)C(=O)Nc1cccc(Cl)c1)N1CCNCC1. The number of nitrogens with zero attached hydrogens (tertiary/aromatic N) is 1. The highest BCUT2D eigenvalue weighted by atomic mass is 35.5. The van der Waals surface area contributed by atoms with Gasteiger partial charge in [0.2, 0.25) is 5.76 Å². The molecule has 146 valence electrons. The molecule has 6 nitrogen and oxygen atoms in total. The lowest BCUT2D eigenvalue weighted by molar-refractivity contribution is -0.116. The van der Waals surface area contributed by atoms with Crippen LogP contribution >= 0.6 is 11.6 Å². The molecule has 2 aliphatic rings. The first-order valence-electron chi connectivity index (χ1n) is 9.03. The third kappa shape index (κ3) is 4.99. The molecule has 1 aliphatic carbocycles. The topological polar surface area (TPSA) is 77.5 Å². The molecule has 1 aliphatic heterocycles. The molecule has 8 heteroatoms. The van der Waals surface area contributed by atoms with Gasteiger partial charge < -0.3 is 25.7 Å². The summed E-state index contributed by atoms with van der Waals surface area (Å²) < 4.78 is 19.1. The average molecular weight is 395 g/mol. The Balaban J connectivity index is 1.84. The number of amides is 1. The Labute approximate surface area is 163 Å². The fourth-order valence-corrected chi connectivity index (χ4v) is 3.12. The Morgan fingerprint density at radius 2 is 2.15 bits per heavy atom. The van der Waals surface area contributed by atoms with E-state index >= 15 is 0 Å². The predicted octanol–water partition coefficient (Wildman–Crippen LogP) is 2.81. The van der Waals surface area contributed by atoms with Crippen LogP contribution in [0.4, 0.5) is 10.1 Å². The van der Waals surface area contributed by atoms with Crippen molar-refractivity contribution in [1.82, 2.24) is 10.2 Å². The van der Waals surface area contributed by atoms with Crippen molar-refractivity contribution >= 4 is 29.4 Å². The first kappa shape index (κ1) is 19.6. The Morgan fingerprint density at radius 3 is 2.74 bits per heavy atom. The Bertz CT molecular complexity index is 730. The van der Waals surface area contributed by atoms with Crippen LogP contribution in [0.2, 0.25) is 5.02 Å². The number of benzene rings is 1. The van der Waals surface area contributed by atoms with E-state index in [1.165, 1.54) is 0 Å². The van der Waals surface area contributed by atoms with Crippen LogP contribution in [0, 0.1) is 10.8 Å². The van der Waals surface area contributed by atoms with E-state index in [9.17, 15) is 9.18 Å². The monoisotopic (exact) mass is 394 g/mol. The molecule has 0 unspecified atom stereocenters. The molecule has 2 fully saturated rings. The largest absolute Gasteiger partial charge is 0.486 e. The van der Waals surface area contributed by atoms with Crippen molar-refractivity contribution in [2.45, 2.75) is 12.8 Å². The van der Waals surface area contributed by atoms with Gasteiger partial charge >= 0.3 is 0 Å². The second kappa shape index (κ2) is 8.71. The molecule has 3 rings (SSSR count). The van der Waals surface area contributed by atoms with E-state index in [-0.39, 0.29) is 12.4 Å². The quantitative estimate of drug-likeness (QED) is 0.360. The van der Waals surface area contributed by atoms with Crippen molar-refractivity contribution in [3.05, 3.63) is 40.7 Å². The number of carbonyl (C=O) groups is 1. The van der Waals surface area contributed by atoms with E-state index in [2.05, 4.69) is 10.6 Å². The molecule has 1 saturated carbocycles. The highest BCUT2D eigenvalue weighted by molar-refractivity contribution is 6.31.